The third kappa shape index (κ3) is 2.83. The van der Waals surface area contributed by atoms with Crippen LogP contribution in [0, 0.1) is 22.7 Å². The van der Waals surface area contributed by atoms with Crippen LogP contribution in [-0.4, -0.2) is 10.9 Å². The minimum Gasteiger partial charge on any atom is -0.505 e. The fourth-order valence-corrected chi connectivity index (χ4v) is 1.18. The fourth-order valence-electron chi connectivity index (χ4n) is 1.18. The Hall–Kier alpha value is -2.79. The monoisotopic (exact) mass is 227 g/mol. The zero-order valence-corrected chi connectivity index (χ0v) is 9.06. The lowest BCUT2D eigenvalue weighted by Gasteiger charge is -2.06. The smallest absolute Gasteiger partial charge is 0.163 e. The molecule has 1 rings (SSSR count). The molecule has 0 aromatic heterocycles. The second-order valence-electron chi connectivity index (χ2n) is 3.18. The van der Waals surface area contributed by atoms with Crippen molar-refractivity contribution in [2.45, 2.75) is 6.92 Å². The molecule has 0 amide bonds. The molecule has 0 aliphatic heterocycles. The van der Waals surface area contributed by atoms with E-state index >= 15 is 0 Å². The molecule has 1 aromatic rings. The van der Waals surface area contributed by atoms with E-state index < -0.39 is 0 Å². The molecule has 0 radical (unpaired) electrons. The highest BCUT2D eigenvalue weighted by Gasteiger charge is 2.09. The van der Waals surface area contributed by atoms with Gasteiger partial charge in [-0.3, -0.25) is 4.79 Å². The van der Waals surface area contributed by atoms with Crippen molar-refractivity contribution in [2.75, 3.05) is 5.32 Å². The lowest BCUT2D eigenvalue weighted by molar-refractivity contribution is 0.101. The molecule has 0 saturated carbocycles. The summed E-state index contributed by atoms with van der Waals surface area (Å²) in [5.41, 5.74) is 0.317. The fraction of sp³-hybridized carbons (Fsp3) is 0.0833. The molecule has 5 nitrogen and oxygen atoms in total. The normalized spacial score (nSPS) is 8.65. The van der Waals surface area contributed by atoms with Crippen LogP contribution >= 0.6 is 0 Å². The Kier molecular flexibility index (Phi) is 3.86. The average molecular weight is 227 g/mol. The first kappa shape index (κ1) is 12.3. The molecule has 0 aliphatic carbocycles. The van der Waals surface area contributed by atoms with Crippen molar-refractivity contribution in [1.29, 1.82) is 10.5 Å². The van der Waals surface area contributed by atoms with Crippen LogP contribution in [0.1, 0.15) is 17.3 Å². The first-order valence-electron chi connectivity index (χ1n) is 4.70. The Labute approximate surface area is 98.2 Å². The van der Waals surface area contributed by atoms with Gasteiger partial charge < -0.3 is 10.4 Å². The summed E-state index contributed by atoms with van der Waals surface area (Å²) in [5.74, 6) is -0.470. The standard InChI is InChI=1S/C12H9N3O2/c1-8(16)10-3-2-4-11(12(10)17)15-7-9(5-13)6-14/h2-4,7,15,17H,1H3. The number of Topliss-reactive ketones (excluding diaryl/α,β-unsaturated/α-hetero) is 1. The number of carbonyl (C=O) groups excluding carboxylic acids is 1. The van der Waals surface area contributed by atoms with Crippen molar-refractivity contribution >= 4 is 11.5 Å². The highest BCUT2D eigenvalue weighted by Crippen LogP contribution is 2.27. The second kappa shape index (κ2) is 5.34. The molecular formula is C12H9N3O2. The first-order chi connectivity index (χ1) is 8.10. The molecule has 84 valence electrons. The van der Waals surface area contributed by atoms with Crippen LogP contribution in [0.2, 0.25) is 0 Å². The van der Waals surface area contributed by atoms with Gasteiger partial charge in [0.05, 0.1) is 11.3 Å². The van der Waals surface area contributed by atoms with Crippen molar-refractivity contribution in [2.24, 2.45) is 0 Å². The Morgan fingerprint density at radius 2 is 2.06 bits per heavy atom. The zero-order chi connectivity index (χ0) is 12.8. The summed E-state index contributed by atoms with van der Waals surface area (Å²) in [5, 5.41) is 29.4. The number of nitrogens with one attached hydrogen (secondary N) is 1. The SMILES string of the molecule is CC(=O)c1cccc(NC=C(C#N)C#N)c1O. The number of ketones is 1. The largest absolute Gasteiger partial charge is 0.505 e. The van der Waals surface area contributed by atoms with Crippen LogP contribution in [-0.2, 0) is 0 Å². The van der Waals surface area contributed by atoms with E-state index in [-0.39, 0.29) is 28.4 Å². The Balaban J connectivity index is 3.07. The van der Waals surface area contributed by atoms with Crippen LogP contribution < -0.4 is 5.32 Å². The number of allylic oxidation sites excluding steroid dienone is 1. The van der Waals surface area contributed by atoms with Gasteiger partial charge in [0, 0.05) is 6.20 Å². The number of para-hydroxylation sites is 1. The van der Waals surface area contributed by atoms with E-state index in [1.165, 1.54) is 25.3 Å². The third-order valence-corrected chi connectivity index (χ3v) is 2.03. The van der Waals surface area contributed by atoms with Crippen LogP contribution in [0.25, 0.3) is 0 Å². The van der Waals surface area contributed by atoms with E-state index in [0.717, 1.165) is 0 Å². The molecule has 0 heterocycles. The number of aromatic hydroxyl groups is 1. The number of hydrogen-bond acceptors (Lipinski definition) is 5. The molecule has 0 atom stereocenters. The number of hydrogen-bond donors (Lipinski definition) is 2. The third-order valence-electron chi connectivity index (χ3n) is 2.03. The number of anilines is 1. The van der Waals surface area contributed by atoms with E-state index in [2.05, 4.69) is 5.32 Å². The summed E-state index contributed by atoms with van der Waals surface area (Å²) in [4.78, 5) is 11.2. The van der Waals surface area contributed by atoms with Gasteiger partial charge in [0.25, 0.3) is 0 Å². The van der Waals surface area contributed by atoms with E-state index in [9.17, 15) is 9.90 Å². The van der Waals surface area contributed by atoms with Crippen LogP contribution in [0.5, 0.6) is 5.75 Å². The summed E-state index contributed by atoms with van der Waals surface area (Å²) >= 11 is 0. The topological polar surface area (TPSA) is 96.9 Å². The highest BCUT2D eigenvalue weighted by molar-refractivity contribution is 5.98. The van der Waals surface area contributed by atoms with E-state index in [4.69, 9.17) is 10.5 Å². The first-order valence-corrected chi connectivity index (χ1v) is 4.70. The van der Waals surface area contributed by atoms with Gasteiger partial charge in [0.1, 0.15) is 23.5 Å². The molecule has 0 unspecified atom stereocenters. The minimum atomic E-state index is -0.268. The maximum absolute atomic E-state index is 11.2. The Morgan fingerprint density at radius 1 is 1.41 bits per heavy atom. The van der Waals surface area contributed by atoms with Gasteiger partial charge in [0.15, 0.2) is 5.78 Å². The van der Waals surface area contributed by atoms with Crippen LogP contribution in [0.3, 0.4) is 0 Å². The van der Waals surface area contributed by atoms with Gasteiger partial charge in [0.2, 0.25) is 0 Å². The number of phenolic OH excluding ortho intramolecular Hbond substituents is 1. The molecular weight excluding hydrogens is 218 g/mol. The van der Waals surface area contributed by atoms with Crippen molar-refractivity contribution in [3.8, 4) is 17.9 Å². The quantitative estimate of drug-likeness (QED) is 0.467. The number of phenols is 1. The predicted octanol–water partition coefficient (Wildman–Crippen LogP) is 1.94. The molecule has 0 fully saturated rings. The minimum absolute atomic E-state index is 0.127. The number of carbonyl (C=O) groups is 1. The summed E-state index contributed by atoms with van der Waals surface area (Å²) < 4.78 is 0. The van der Waals surface area contributed by atoms with E-state index in [1.54, 1.807) is 18.2 Å². The zero-order valence-electron chi connectivity index (χ0n) is 9.06. The average Bonchev–Trinajstić information content (AvgIpc) is 2.32. The lowest BCUT2D eigenvalue weighted by atomic mass is 10.1. The van der Waals surface area contributed by atoms with Gasteiger partial charge in [-0.1, -0.05) is 6.07 Å². The Morgan fingerprint density at radius 3 is 2.59 bits per heavy atom. The molecule has 2 N–H and O–H groups in total. The molecule has 0 saturated heterocycles. The number of nitrogens with zero attached hydrogens (tertiary/aromatic N) is 2. The summed E-state index contributed by atoms with van der Waals surface area (Å²) in [6.45, 7) is 1.34. The van der Waals surface area contributed by atoms with Gasteiger partial charge in [-0.15, -0.1) is 0 Å². The van der Waals surface area contributed by atoms with Crippen molar-refractivity contribution in [3.05, 3.63) is 35.5 Å². The predicted molar refractivity (Wildman–Crippen MR) is 61.0 cm³/mol. The maximum atomic E-state index is 11.2. The van der Waals surface area contributed by atoms with Crippen LogP contribution in [0.15, 0.2) is 30.0 Å². The van der Waals surface area contributed by atoms with Gasteiger partial charge >= 0.3 is 0 Å². The van der Waals surface area contributed by atoms with Crippen molar-refractivity contribution in [3.63, 3.8) is 0 Å². The molecule has 0 spiro atoms. The molecule has 17 heavy (non-hydrogen) atoms. The van der Waals surface area contributed by atoms with Crippen molar-refractivity contribution in [1.82, 2.24) is 0 Å². The van der Waals surface area contributed by atoms with Gasteiger partial charge in [-0.05, 0) is 19.1 Å². The molecule has 5 heteroatoms. The van der Waals surface area contributed by atoms with Crippen molar-refractivity contribution < 1.29 is 9.90 Å². The maximum Gasteiger partial charge on any atom is 0.163 e. The van der Waals surface area contributed by atoms with E-state index in [1.807, 2.05) is 0 Å². The number of rotatable bonds is 3. The summed E-state index contributed by atoms with van der Waals surface area (Å²) in [6, 6.07) is 7.94. The summed E-state index contributed by atoms with van der Waals surface area (Å²) in [6.07, 6.45) is 1.17. The number of nitriles is 2. The van der Waals surface area contributed by atoms with Crippen LogP contribution in [0.4, 0.5) is 5.69 Å². The van der Waals surface area contributed by atoms with E-state index in [0.29, 0.717) is 0 Å². The molecule has 0 bridgehead atoms. The highest BCUT2D eigenvalue weighted by atomic mass is 16.3. The second-order valence-corrected chi connectivity index (χ2v) is 3.18. The molecule has 0 aliphatic rings. The van der Waals surface area contributed by atoms with Gasteiger partial charge in [-0.2, -0.15) is 10.5 Å². The lowest BCUT2D eigenvalue weighted by Crippen LogP contribution is -1.96. The Bertz CT molecular complexity index is 546. The molecule has 1 aromatic carbocycles. The summed E-state index contributed by atoms with van der Waals surface area (Å²) in [7, 11) is 0. The van der Waals surface area contributed by atoms with Gasteiger partial charge in [-0.25, -0.2) is 0 Å². The number of benzene rings is 1.